The van der Waals surface area contributed by atoms with Gasteiger partial charge in [-0.15, -0.1) is 5.10 Å². The highest BCUT2D eigenvalue weighted by atomic mass is 32.2. The topological polar surface area (TPSA) is 80.0 Å². The maximum atomic E-state index is 11.0. The van der Waals surface area contributed by atoms with E-state index >= 15 is 0 Å². The van der Waals surface area contributed by atoms with Crippen molar-refractivity contribution in [2.75, 3.05) is 17.3 Å². The summed E-state index contributed by atoms with van der Waals surface area (Å²) in [7, 11) is -0.837. The molecule has 0 aliphatic carbocycles. The van der Waals surface area contributed by atoms with Gasteiger partial charge in [-0.3, -0.25) is 4.21 Å². The summed E-state index contributed by atoms with van der Waals surface area (Å²) in [6.07, 6.45) is 1.67. The molecule has 1 rings (SSSR count). The van der Waals surface area contributed by atoms with Gasteiger partial charge in [0.1, 0.15) is 0 Å². The Labute approximate surface area is 104 Å². The van der Waals surface area contributed by atoms with Crippen LogP contribution < -0.4 is 10.6 Å². The van der Waals surface area contributed by atoms with Crippen LogP contribution in [0.3, 0.4) is 0 Å². The van der Waals surface area contributed by atoms with Gasteiger partial charge in [0.15, 0.2) is 0 Å². The van der Waals surface area contributed by atoms with Crippen LogP contribution in [0.1, 0.15) is 26.7 Å². The molecule has 1 aromatic rings. The molecule has 0 aliphatic heterocycles. The lowest BCUT2D eigenvalue weighted by molar-refractivity contribution is 0.457. The number of rotatable bonds is 7. The Balaban J connectivity index is 2.42. The molecule has 2 atom stereocenters. The minimum Gasteiger partial charge on any atom is -0.407 e. The summed E-state index contributed by atoms with van der Waals surface area (Å²) in [5.41, 5.74) is 0. The van der Waals surface area contributed by atoms with Gasteiger partial charge in [-0.05, 0) is 6.92 Å². The molecule has 1 aromatic heterocycles. The Hall–Kier alpha value is -0.950. The Morgan fingerprint density at radius 1 is 1.35 bits per heavy atom. The van der Waals surface area contributed by atoms with Crippen LogP contribution in [0.15, 0.2) is 4.42 Å². The summed E-state index contributed by atoms with van der Waals surface area (Å²) < 4.78 is 16.4. The SMILES string of the molecule is CC(C)NCc1nnc(NC(C)CS(C)=O)o1. The van der Waals surface area contributed by atoms with Gasteiger partial charge in [0, 0.05) is 34.9 Å². The van der Waals surface area contributed by atoms with E-state index in [1.807, 2.05) is 20.8 Å². The lowest BCUT2D eigenvalue weighted by Crippen LogP contribution is -2.22. The average molecular weight is 260 g/mol. The molecule has 7 heteroatoms. The van der Waals surface area contributed by atoms with Crippen molar-refractivity contribution in [2.45, 2.75) is 39.4 Å². The van der Waals surface area contributed by atoms with Crippen LogP contribution in [0.2, 0.25) is 0 Å². The van der Waals surface area contributed by atoms with E-state index in [2.05, 4.69) is 20.8 Å². The summed E-state index contributed by atoms with van der Waals surface area (Å²) >= 11 is 0. The van der Waals surface area contributed by atoms with E-state index in [1.165, 1.54) is 0 Å². The van der Waals surface area contributed by atoms with Gasteiger partial charge in [0.2, 0.25) is 5.89 Å². The maximum Gasteiger partial charge on any atom is 0.315 e. The molecule has 0 radical (unpaired) electrons. The molecule has 0 aromatic carbocycles. The van der Waals surface area contributed by atoms with Crippen LogP contribution in [-0.4, -0.2) is 38.5 Å². The van der Waals surface area contributed by atoms with E-state index in [-0.39, 0.29) is 6.04 Å². The molecule has 1 heterocycles. The lowest BCUT2D eigenvalue weighted by atomic mass is 10.4. The second-order valence-electron chi connectivity index (χ2n) is 4.32. The summed E-state index contributed by atoms with van der Waals surface area (Å²) in [4.78, 5) is 0. The molecule has 0 amide bonds. The summed E-state index contributed by atoms with van der Waals surface area (Å²) in [5, 5.41) is 14.0. The van der Waals surface area contributed by atoms with E-state index < -0.39 is 10.8 Å². The molecule has 6 nitrogen and oxygen atoms in total. The first kappa shape index (κ1) is 14.1. The van der Waals surface area contributed by atoms with Crippen molar-refractivity contribution in [1.29, 1.82) is 0 Å². The molecule has 0 bridgehead atoms. The van der Waals surface area contributed by atoms with Gasteiger partial charge in [-0.1, -0.05) is 18.9 Å². The number of nitrogens with one attached hydrogen (secondary N) is 2. The largest absolute Gasteiger partial charge is 0.407 e. The Morgan fingerprint density at radius 3 is 2.65 bits per heavy atom. The number of anilines is 1. The normalized spacial score (nSPS) is 14.9. The predicted octanol–water partition coefficient (Wildman–Crippen LogP) is 0.746. The Bertz CT molecular complexity index is 367. The van der Waals surface area contributed by atoms with Crippen molar-refractivity contribution in [2.24, 2.45) is 0 Å². The molecule has 0 saturated heterocycles. The zero-order valence-corrected chi connectivity index (χ0v) is 11.5. The summed E-state index contributed by atoms with van der Waals surface area (Å²) in [6.45, 7) is 6.58. The minimum absolute atomic E-state index is 0.0483. The Kier molecular flexibility index (Phi) is 5.57. The average Bonchev–Trinajstić information content (AvgIpc) is 2.61. The van der Waals surface area contributed by atoms with Gasteiger partial charge in [-0.2, -0.15) is 0 Å². The molecule has 98 valence electrons. The molecule has 2 N–H and O–H groups in total. The third-order valence-electron chi connectivity index (χ3n) is 1.98. The lowest BCUT2D eigenvalue weighted by Gasteiger charge is -2.09. The minimum atomic E-state index is -0.837. The first-order valence-electron chi connectivity index (χ1n) is 5.59. The van der Waals surface area contributed by atoms with Crippen molar-refractivity contribution in [3.05, 3.63) is 5.89 Å². The highest BCUT2D eigenvalue weighted by Gasteiger charge is 2.10. The van der Waals surface area contributed by atoms with E-state index in [0.717, 1.165) is 0 Å². The molecule has 2 unspecified atom stereocenters. The number of nitrogens with zero attached hydrogens (tertiary/aromatic N) is 2. The fraction of sp³-hybridized carbons (Fsp3) is 0.800. The van der Waals surface area contributed by atoms with Crippen LogP contribution in [0.5, 0.6) is 0 Å². The van der Waals surface area contributed by atoms with Crippen LogP contribution in [-0.2, 0) is 17.3 Å². The molecule has 0 fully saturated rings. The summed E-state index contributed by atoms with van der Waals surface area (Å²) in [5.74, 6) is 1.10. The van der Waals surface area contributed by atoms with E-state index in [0.29, 0.717) is 30.2 Å². The standard InChI is InChI=1S/C10H20N4O2S/c1-7(2)11-5-9-13-14-10(16-9)12-8(3)6-17(4)15/h7-8,11H,5-6H2,1-4H3,(H,12,14). The second-order valence-corrected chi connectivity index (χ2v) is 5.80. The third kappa shape index (κ3) is 5.78. The zero-order chi connectivity index (χ0) is 12.8. The first-order chi connectivity index (χ1) is 7.97. The van der Waals surface area contributed by atoms with Gasteiger partial charge >= 0.3 is 6.01 Å². The molecule has 0 saturated carbocycles. The molecular formula is C10H20N4O2S. The molecular weight excluding hydrogens is 240 g/mol. The van der Waals surface area contributed by atoms with Gasteiger partial charge in [0.25, 0.3) is 0 Å². The van der Waals surface area contributed by atoms with Gasteiger partial charge in [-0.25, -0.2) is 0 Å². The monoisotopic (exact) mass is 260 g/mol. The summed E-state index contributed by atoms with van der Waals surface area (Å²) in [6, 6.07) is 0.801. The maximum absolute atomic E-state index is 11.0. The van der Waals surface area contributed by atoms with Crippen molar-refractivity contribution in [1.82, 2.24) is 15.5 Å². The second kappa shape index (κ2) is 6.70. The predicted molar refractivity (Wildman–Crippen MR) is 68.3 cm³/mol. The van der Waals surface area contributed by atoms with E-state index in [9.17, 15) is 4.21 Å². The number of hydrogen-bond acceptors (Lipinski definition) is 6. The Morgan fingerprint density at radius 2 is 2.06 bits per heavy atom. The van der Waals surface area contributed by atoms with Gasteiger partial charge in [0.05, 0.1) is 6.54 Å². The van der Waals surface area contributed by atoms with Crippen molar-refractivity contribution < 1.29 is 8.63 Å². The van der Waals surface area contributed by atoms with Crippen LogP contribution in [0.25, 0.3) is 0 Å². The van der Waals surface area contributed by atoms with Gasteiger partial charge < -0.3 is 15.1 Å². The molecule has 0 spiro atoms. The van der Waals surface area contributed by atoms with Crippen LogP contribution in [0.4, 0.5) is 6.01 Å². The van der Waals surface area contributed by atoms with E-state index in [1.54, 1.807) is 6.26 Å². The quantitative estimate of drug-likeness (QED) is 0.753. The highest BCUT2D eigenvalue weighted by Crippen LogP contribution is 2.07. The highest BCUT2D eigenvalue weighted by molar-refractivity contribution is 7.84. The fourth-order valence-electron chi connectivity index (χ4n) is 1.28. The molecule has 0 aliphatic rings. The van der Waals surface area contributed by atoms with E-state index in [4.69, 9.17) is 4.42 Å². The van der Waals surface area contributed by atoms with Crippen LogP contribution in [0, 0.1) is 0 Å². The number of aromatic nitrogens is 2. The van der Waals surface area contributed by atoms with Crippen LogP contribution >= 0.6 is 0 Å². The number of hydrogen-bond donors (Lipinski definition) is 2. The molecule has 17 heavy (non-hydrogen) atoms. The fourth-order valence-corrected chi connectivity index (χ4v) is 2.07. The zero-order valence-electron chi connectivity index (χ0n) is 10.7. The van der Waals surface area contributed by atoms with Crippen molar-refractivity contribution >= 4 is 16.8 Å². The smallest absolute Gasteiger partial charge is 0.315 e. The first-order valence-corrected chi connectivity index (χ1v) is 7.32. The third-order valence-corrected chi connectivity index (χ3v) is 2.95. The van der Waals surface area contributed by atoms with Crippen molar-refractivity contribution in [3.63, 3.8) is 0 Å². The van der Waals surface area contributed by atoms with Crippen molar-refractivity contribution in [3.8, 4) is 0 Å².